The van der Waals surface area contributed by atoms with E-state index in [-0.39, 0.29) is 11.0 Å². The topological polar surface area (TPSA) is 100 Å². The Kier molecular flexibility index (Phi) is 26.8. The lowest BCUT2D eigenvalue weighted by molar-refractivity contribution is -0.302. The van der Waals surface area contributed by atoms with Gasteiger partial charge in [0.1, 0.15) is 0 Å². The molecule has 0 aliphatic heterocycles. The van der Waals surface area contributed by atoms with Crippen molar-refractivity contribution in [2.24, 2.45) is 0 Å². The maximum atomic E-state index is 8.89. The Hall–Kier alpha value is -0.610. The van der Waals surface area contributed by atoms with Gasteiger partial charge in [0.25, 0.3) is 0 Å². The van der Waals surface area contributed by atoms with Crippen molar-refractivity contribution in [1.29, 1.82) is 0 Å². The van der Waals surface area contributed by atoms with Crippen LogP contribution in [0.25, 0.3) is 0 Å². The standard InChI is InChI=1S/C2H4O2.2H2O/c1-2(3)4;;/h1H3,(H,3,4);2*1H2/p-3. The van der Waals surface area contributed by atoms with E-state index in [0.717, 1.165) is 6.92 Å². The summed E-state index contributed by atoms with van der Waals surface area (Å²) in [5.74, 6) is -1.08. The van der Waals surface area contributed by atoms with E-state index in [4.69, 9.17) is 9.90 Å². The van der Waals surface area contributed by atoms with E-state index in [2.05, 4.69) is 0 Å². The predicted octanol–water partition coefficient (Wildman–Crippen LogP) is -1.60. The molecule has 0 aliphatic rings. The fourth-order valence-corrected chi connectivity index (χ4v) is 0. The van der Waals surface area contributed by atoms with Crippen molar-refractivity contribution < 1.29 is 20.9 Å². The first-order chi connectivity index (χ1) is 1.73. The molecule has 40 valence electrons. The Morgan fingerprint density at radius 3 is 1.50 bits per heavy atom. The molecule has 6 heavy (non-hydrogen) atoms. The van der Waals surface area contributed by atoms with Crippen LogP contribution in [0, 0.1) is 0 Å². The lowest BCUT2D eigenvalue weighted by Crippen LogP contribution is -2.16. The number of hydrogen-bond donors (Lipinski definition) is 0. The van der Waals surface area contributed by atoms with Crippen LogP contribution in [0.3, 0.4) is 0 Å². The second-order valence-corrected chi connectivity index (χ2v) is 0.492. The van der Waals surface area contributed by atoms with E-state index in [1.165, 1.54) is 0 Å². The molecule has 0 amide bonds. The van der Waals surface area contributed by atoms with Crippen LogP contribution >= 0.6 is 0 Å². The van der Waals surface area contributed by atoms with E-state index in [1.54, 1.807) is 0 Å². The van der Waals surface area contributed by atoms with Crippen molar-refractivity contribution in [3.05, 3.63) is 0 Å². The fourth-order valence-electron chi connectivity index (χ4n) is 0. The predicted molar refractivity (Wildman–Crippen MR) is 14.6 cm³/mol. The molecule has 0 heterocycles. The second-order valence-electron chi connectivity index (χ2n) is 0.492. The minimum atomic E-state index is -1.08. The summed E-state index contributed by atoms with van der Waals surface area (Å²) in [6.45, 7) is 0.972. The molecular weight excluding hydrogens is 88.0 g/mol. The summed E-state index contributed by atoms with van der Waals surface area (Å²) in [5.41, 5.74) is 0. The number of hydrogen-bond acceptors (Lipinski definition) is 4. The lowest BCUT2D eigenvalue weighted by atomic mass is 10.9. The minimum absolute atomic E-state index is 0. The van der Waals surface area contributed by atoms with Gasteiger partial charge in [-0.3, -0.25) is 0 Å². The lowest BCUT2D eigenvalue weighted by Gasteiger charge is -1.77. The summed E-state index contributed by atoms with van der Waals surface area (Å²) in [7, 11) is 0. The van der Waals surface area contributed by atoms with Crippen LogP contribution in [0.15, 0.2) is 0 Å². The molecule has 0 radical (unpaired) electrons. The minimum Gasteiger partial charge on any atom is -0.870 e. The van der Waals surface area contributed by atoms with Crippen LogP contribution in [-0.2, 0) is 4.79 Å². The van der Waals surface area contributed by atoms with Gasteiger partial charge in [0, 0.05) is 5.97 Å². The van der Waals surface area contributed by atoms with Crippen molar-refractivity contribution in [2.75, 3.05) is 0 Å². The van der Waals surface area contributed by atoms with Crippen LogP contribution in [0.4, 0.5) is 0 Å². The third-order valence-corrected chi connectivity index (χ3v) is 0. The van der Waals surface area contributed by atoms with Crippen molar-refractivity contribution in [3.8, 4) is 0 Å². The molecule has 0 aromatic rings. The average molecular weight is 93.1 g/mol. The molecular formula is C2H5O4-3. The van der Waals surface area contributed by atoms with E-state index in [0.29, 0.717) is 0 Å². The van der Waals surface area contributed by atoms with Gasteiger partial charge in [-0.15, -0.1) is 0 Å². The van der Waals surface area contributed by atoms with Gasteiger partial charge in [-0.25, -0.2) is 0 Å². The number of rotatable bonds is 0. The maximum Gasteiger partial charge on any atom is 0.0383 e. The smallest absolute Gasteiger partial charge is 0.0383 e. The molecule has 0 bridgehead atoms. The number of carboxylic acids is 1. The van der Waals surface area contributed by atoms with E-state index >= 15 is 0 Å². The Balaban J connectivity index is -0.0000000450. The highest BCUT2D eigenvalue weighted by molar-refractivity contribution is 5.60. The molecule has 0 aliphatic carbocycles. The van der Waals surface area contributed by atoms with Gasteiger partial charge in [-0.1, -0.05) is 0 Å². The zero-order valence-electron chi connectivity index (χ0n) is 3.21. The van der Waals surface area contributed by atoms with Crippen molar-refractivity contribution in [2.45, 2.75) is 6.92 Å². The summed E-state index contributed by atoms with van der Waals surface area (Å²) in [6.07, 6.45) is 0. The number of carboxylic acid groups (broad SMARTS) is 1. The summed E-state index contributed by atoms with van der Waals surface area (Å²) < 4.78 is 0. The molecule has 0 spiro atoms. The van der Waals surface area contributed by atoms with Gasteiger partial charge in [-0.2, -0.15) is 0 Å². The van der Waals surface area contributed by atoms with Crippen LogP contribution in [-0.4, -0.2) is 16.9 Å². The van der Waals surface area contributed by atoms with E-state index in [9.17, 15) is 0 Å². The maximum absolute atomic E-state index is 8.89. The Morgan fingerprint density at radius 1 is 1.50 bits per heavy atom. The van der Waals surface area contributed by atoms with Crippen molar-refractivity contribution >= 4 is 5.97 Å². The highest BCUT2D eigenvalue weighted by Gasteiger charge is 1.46. The molecule has 0 rings (SSSR count). The first kappa shape index (κ1) is 18.2. The SMILES string of the molecule is CC(=O)[O-].[OH-].[OH-]. The van der Waals surface area contributed by atoms with Gasteiger partial charge >= 0.3 is 0 Å². The quantitative estimate of drug-likeness (QED) is 0.360. The van der Waals surface area contributed by atoms with E-state index in [1.807, 2.05) is 0 Å². The number of carbonyl (C=O) groups excluding carboxylic acids is 1. The monoisotopic (exact) mass is 93.0 g/mol. The summed E-state index contributed by atoms with van der Waals surface area (Å²) >= 11 is 0. The third-order valence-electron chi connectivity index (χ3n) is 0. The van der Waals surface area contributed by atoms with Gasteiger partial charge < -0.3 is 20.9 Å². The summed E-state index contributed by atoms with van der Waals surface area (Å²) in [5, 5.41) is 8.89. The highest BCUT2D eigenvalue weighted by Crippen LogP contribution is 1.31. The van der Waals surface area contributed by atoms with Crippen LogP contribution in [0.5, 0.6) is 0 Å². The Labute approximate surface area is 35.0 Å². The number of carbonyl (C=O) groups is 1. The molecule has 0 aromatic carbocycles. The molecule has 0 saturated carbocycles. The molecule has 4 nitrogen and oxygen atoms in total. The molecule has 2 N–H and O–H groups in total. The zero-order valence-corrected chi connectivity index (χ0v) is 3.21. The van der Waals surface area contributed by atoms with Gasteiger partial charge in [-0.05, 0) is 6.92 Å². The van der Waals surface area contributed by atoms with Crippen LogP contribution < -0.4 is 5.11 Å². The zero-order chi connectivity index (χ0) is 3.58. The highest BCUT2D eigenvalue weighted by atomic mass is 16.4. The van der Waals surface area contributed by atoms with Gasteiger partial charge in [0.2, 0.25) is 0 Å². The molecule has 0 saturated heterocycles. The van der Waals surface area contributed by atoms with Gasteiger partial charge in [0.15, 0.2) is 0 Å². The molecule has 0 atom stereocenters. The number of aliphatic carboxylic acids is 1. The summed E-state index contributed by atoms with van der Waals surface area (Å²) in [4.78, 5) is 8.89. The third kappa shape index (κ3) is 52.0. The Bertz CT molecular complexity index is 28.5. The first-order valence-electron chi connectivity index (χ1n) is 0.908. The van der Waals surface area contributed by atoms with Gasteiger partial charge in [0.05, 0.1) is 0 Å². The van der Waals surface area contributed by atoms with Crippen molar-refractivity contribution in [3.63, 3.8) is 0 Å². The summed E-state index contributed by atoms with van der Waals surface area (Å²) in [6, 6.07) is 0. The molecule has 4 heteroatoms. The largest absolute Gasteiger partial charge is 0.870 e. The first-order valence-corrected chi connectivity index (χ1v) is 0.908. The fraction of sp³-hybridized carbons (Fsp3) is 0.500. The van der Waals surface area contributed by atoms with Crippen LogP contribution in [0.1, 0.15) is 6.92 Å². The molecule has 0 unspecified atom stereocenters. The van der Waals surface area contributed by atoms with Crippen LogP contribution in [0.2, 0.25) is 0 Å². The molecule has 0 aromatic heterocycles. The van der Waals surface area contributed by atoms with E-state index < -0.39 is 5.97 Å². The normalized spacial score (nSPS) is 4.17. The molecule has 0 fully saturated rings. The second kappa shape index (κ2) is 8.83. The average Bonchev–Trinajstić information content (AvgIpc) is 0.811. The Morgan fingerprint density at radius 2 is 1.50 bits per heavy atom. The van der Waals surface area contributed by atoms with Crippen molar-refractivity contribution in [1.82, 2.24) is 0 Å².